The molecule has 0 spiro atoms. The smallest absolute Gasteiger partial charge is 0.277 e. The van der Waals surface area contributed by atoms with Gasteiger partial charge in [-0.2, -0.15) is 0 Å². The molecule has 0 bridgehead atoms. The Morgan fingerprint density at radius 1 is 1.15 bits per heavy atom. The van der Waals surface area contributed by atoms with Crippen LogP contribution < -0.4 is 20.5 Å². The van der Waals surface area contributed by atoms with E-state index in [-0.39, 0.29) is 17.4 Å². The SMILES string of the molecule is COc1cccc(-n2c(N3CCC(C(=O)Nc4ccc(Cl)cc4)CC3)nc3ccsc3c2=O)c1. The fourth-order valence-corrected chi connectivity index (χ4v) is 5.10. The van der Waals surface area contributed by atoms with Gasteiger partial charge in [0.15, 0.2) is 0 Å². The highest BCUT2D eigenvalue weighted by atomic mass is 35.5. The number of carbonyl (C=O) groups is 1. The number of anilines is 2. The largest absolute Gasteiger partial charge is 0.497 e. The molecule has 0 atom stereocenters. The lowest BCUT2D eigenvalue weighted by atomic mass is 9.96. The highest BCUT2D eigenvalue weighted by Gasteiger charge is 2.28. The summed E-state index contributed by atoms with van der Waals surface area (Å²) < 4.78 is 7.63. The summed E-state index contributed by atoms with van der Waals surface area (Å²) in [6.07, 6.45) is 1.32. The number of amides is 1. The zero-order valence-corrected chi connectivity index (χ0v) is 20.1. The summed E-state index contributed by atoms with van der Waals surface area (Å²) in [6, 6.07) is 16.4. The van der Waals surface area contributed by atoms with Crippen LogP contribution in [0.2, 0.25) is 5.02 Å². The monoisotopic (exact) mass is 494 g/mol. The molecule has 3 heterocycles. The Morgan fingerprint density at radius 3 is 2.65 bits per heavy atom. The Kier molecular flexibility index (Phi) is 6.26. The van der Waals surface area contributed by atoms with Gasteiger partial charge in [0.05, 0.1) is 18.3 Å². The van der Waals surface area contributed by atoms with Crippen LogP contribution in [0, 0.1) is 5.92 Å². The van der Waals surface area contributed by atoms with Crippen molar-refractivity contribution in [3.8, 4) is 11.4 Å². The number of aromatic nitrogens is 2. The molecule has 0 aliphatic carbocycles. The molecule has 34 heavy (non-hydrogen) atoms. The third kappa shape index (κ3) is 4.38. The van der Waals surface area contributed by atoms with E-state index in [1.54, 1.807) is 35.9 Å². The number of hydrogen-bond donors (Lipinski definition) is 1. The van der Waals surface area contributed by atoms with Gasteiger partial charge in [0.1, 0.15) is 10.4 Å². The third-order valence-corrected chi connectivity index (χ3v) is 7.18. The Labute approximate surface area is 205 Å². The van der Waals surface area contributed by atoms with Gasteiger partial charge in [0.2, 0.25) is 11.9 Å². The molecule has 1 saturated heterocycles. The number of benzene rings is 2. The number of hydrogen-bond acceptors (Lipinski definition) is 6. The van der Waals surface area contributed by atoms with Crippen molar-refractivity contribution in [3.05, 3.63) is 75.4 Å². The lowest BCUT2D eigenvalue weighted by Crippen LogP contribution is -2.41. The lowest BCUT2D eigenvalue weighted by molar-refractivity contribution is -0.120. The van der Waals surface area contributed by atoms with Crippen LogP contribution in [0.3, 0.4) is 0 Å². The van der Waals surface area contributed by atoms with Crippen LogP contribution in [-0.4, -0.2) is 35.7 Å². The Balaban J connectivity index is 1.41. The van der Waals surface area contributed by atoms with Gasteiger partial charge in [-0.15, -0.1) is 11.3 Å². The molecule has 0 saturated carbocycles. The Morgan fingerprint density at radius 2 is 1.91 bits per heavy atom. The maximum atomic E-state index is 13.4. The summed E-state index contributed by atoms with van der Waals surface area (Å²) in [4.78, 5) is 33.2. The van der Waals surface area contributed by atoms with Crippen LogP contribution >= 0.6 is 22.9 Å². The van der Waals surface area contributed by atoms with Crippen LogP contribution in [0.15, 0.2) is 64.8 Å². The number of rotatable bonds is 5. The highest BCUT2D eigenvalue weighted by molar-refractivity contribution is 7.17. The van der Waals surface area contributed by atoms with E-state index in [0.29, 0.717) is 58.6 Å². The summed E-state index contributed by atoms with van der Waals surface area (Å²) in [6.45, 7) is 1.23. The summed E-state index contributed by atoms with van der Waals surface area (Å²) in [7, 11) is 1.60. The van der Waals surface area contributed by atoms with Crippen molar-refractivity contribution in [1.82, 2.24) is 9.55 Å². The summed E-state index contributed by atoms with van der Waals surface area (Å²) >= 11 is 7.32. The number of nitrogens with one attached hydrogen (secondary N) is 1. The van der Waals surface area contributed by atoms with E-state index in [1.165, 1.54) is 11.3 Å². The minimum Gasteiger partial charge on any atom is -0.497 e. The van der Waals surface area contributed by atoms with Gasteiger partial charge in [-0.1, -0.05) is 17.7 Å². The summed E-state index contributed by atoms with van der Waals surface area (Å²) in [5, 5.41) is 5.48. The molecule has 5 rings (SSSR count). The molecule has 174 valence electrons. The summed E-state index contributed by atoms with van der Waals surface area (Å²) in [5.74, 6) is 1.13. The van der Waals surface area contributed by atoms with Crippen molar-refractivity contribution < 1.29 is 9.53 Å². The molecule has 0 unspecified atom stereocenters. The number of carbonyl (C=O) groups excluding carboxylic acids is 1. The molecule has 7 nitrogen and oxygen atoms in total. The predicted octanol–water partition coefficient (Wildman–Crippen LogP) is 4.96. The van der Waals surface area contributed by atoms with Crippen LogP contribution in [0.1, 0.15) is 12.8 Å². The van der Waals surface area contributed by atoms with Gasteiger partial charge < -0.3 is 15.0 Å². The average Bonchev–Trinajstić information content (AvgIpc) is 3.35. The van der Waals surface area contributed by atoms with Gasteiger partial charge in [0.25, 0.3) is 5.56 Å². The fraction of sp³-hybridized carbons (Fsp3) is 0.240. The molecule has 2 aromatic heterocycles. The number of methoxy groups -OCH3 is 1. The van der Waals surface area contributed by atoms with Crippen molar-refractivity contribution in [2.75, 3.05) is 30.4 Å². The minimum absolute atomic E-state index is 0.00611. The molecule has 2 aromatic carbocycles. The van der Waals surface area contributed by atoms with Crippen LogP contribution in [0.5, 0.6) is 5.75 Å². The van der Waals surface area contributed by atoms with Crippen LogP contribution in [0.4, 0.5) is 11.6 Å². The Hall–Kier alpha value is -3.36. The Bertz CT molecular complexity index is 1390. The molecular weight excluding hydrogens is 472 g/mol. The second kappa shape index (κ2) is 9.48. The first-order valence-electron chi connectivity index (χ1n) is 11.0. The fourth-order valence-electron chi connectivity index (χ4n) is 4.21. The maximum absolute atomic E-state index is 13.4. The predicted molar refractivity (Wildman–Crippen MR) is 137 cm³/mol. The van der Waals surface area contributed by atoms with E-state index in [4.69, 9.17) is 21.3 Å². The van der Waals surface area contributed by atoms with Gasteiger partial charge in [-0.05, 0) is 60.7 Å². The molecule has 1 amide bonds. The standard InChI is InChI=1S/C25H23ClN4O3S/c1-33-20-4-2-3-19(15-20)30-24(32)22-21(11-14-34-22)28-25(30)29-12-9-16(10-13-29)23(31)27-18-7-5-17(26)6-8-18/h2-8,11,14-16H,9-10,12-13H2,1H3,(H,27,31). The van der Waals surface area contributed by atoms with E-state index in [9.17, 15) is 9.59 Å². The van der Waals surface area contributed by atoms with Crippen molar-refractivity contribution in [3.63, 3.8) is 0 Å². The molecular formula is C25H23ClN4O3S. The van der Waals surface area contributed by atoms with Crippen molar-refractivity contribution in [2.24, 2.45) is 5.92 Å². The first-order valence-corrected chi connectivity index (χ1v) is 12.3. The van der Waals surface area contributed by atoms with Gasteiger partial charge in [-0.25, -0.2) is 9.55 Å². The highest BCUT2D eigenvalue weighted by Crippen LogP contribution is 2.28. The van der Waals surface area contributed by atoms with Crippen LogP contribution in [-0.2, 0) is 4.79 Å². The van der Waals surface area contributed by atoms with E-state index in [0.717, 1.165) is 5.69 Å². The van der Waals surface area contributed by atoms with E-state index >= 15 is 0 Å². The zero-order chi connectivity index (χ0) is 23.7. The number of halogens is 1. The van der Waals surface area contributed by atoms with Gasteiger partial charge in [0, 0.05) is 35.8 Å². The van der Waals surface area contributed by atoms with Crippen LogP contribution in [0.25, 0.3) is 15.9 Å². The van der Waals surface area contributed by atoms with E-state index in [2.05, 4.69) is 10.2 Å². The van der Waals surface area contributed by atoms with Gasteiger partial charge >= 0.3 is 0 Å². The minimum atomic E-state index is -0.117. The van der Waals surface area contributed by atoms with E-state index < -0.39 is 0 Å². The first kappa shape index (κ1) is 22.4. The number of fused-ring (bicyclic) bond motifs is 1. The summed E-state index contributed by atoms with van der Waals surface area (Å²) in [5.41, 5.74) is 2.01. The van der Waals surface area contributed by atoms with Crippen molar-refractivity contribution in [1.29, 1.82) is 0 Å². The third-order valence-electron chi connectivity index (χ3n) is 6.03. The topological polar surface area (TPSA) is 76.5 Å². The normalized spacial score (nSPS) is 14.4. The van der Waals surface area contributed by atoms with Gasteiger partial charge in [-0.3, -0.25) is 9.59 Å². The quantitative estimate of drug-likeness (QED) is 0.424. The van der Waals surface area contributed by atoms with Crippen molar-refractivity contribution in [2.45, 2.75) is 12.8 Å². The lowest BCUT2D eigenvalue weighted by Gasteiger charge is -2.33. The second-order valence-corrected chi connectivity index (χ2v) is 9.50. The number of ether oxygens (including phenoxy) is 1. The molecule has 0 radical (unpaired) electrons. The molecule has 1 aliphatic rings. The first-order chi connectivity index (χ1) is 16.5. The molecule has 1 aliphatic heterocycles. The maximum Gasteiger partial charge on any atom is 0.277 e. The number of thiophene rings is 1. The molecule has 9 heteroatoms. The van der Waals surface area contributed by atoms with E-state index in [1.807, 2.05) is 35.7 Å². The zero-order valence-electron chi connectivity index (χ0n) is 18.5. The second-order valence-electron chi connectivity index (χ2n) is 8.15. The molecule has 1 fully saturated rings. The number of piperidine rings is 1. The number of nitrogens with zero attached hydrogens (tertiary/aromatic N) is 3. The molecule has 4 aromatic rings. The average molecular weight is 495 g/mol. The van der Waals surface area contributed by atoms with Crippen molar-refractivity contribution >= 4 is 50.7 Å². The molecule has 1 N–H and O–H groups in total.